The number of benzene rings is 1. The number of esters is 1. The number of hydrogen-bond acceptors (Lipinski definition) is 9. The molecule has 1 rings (SSSR count). The molecular weight excluding hydrogens is 438 g/mol. The van der Waals surface area contributed by atoms with Gasteiger partial charge >= 0.3 is 5.97 Å². The van der Waals surface area contributed by atoms with Gasteiger partial charge in [0.2, 0.25) is 0 Å². The number of ether oxygens (including phenoxy) is 1. The molecule has 0 aliphatic heterocycles. The van der Waals surface area contributed by atoms with Gasteiger partial charge in [0.1, 0.15) is 6.04 Å². The quantitative estimate of drug-likeness (QED) is 0.261. The largest absolute Gasteiger partial charge is 0.454 e. The molecular formula is C20H23N5O6S. The molecule has 1 N–H and O–H groups in total. The van der Waals surface area contributed by atoms with Crippen LogP contribution in [0.1, 0.15) is 29.6 Å². The highest BCUT2D eigenvalue weighted by molar-refractivity contribution is 7.98. The molecule has 0 spiro atoms. The maximum absolute atomic E-state index is 12.5. The maximum atomic E-state index is 12.5. The number of carbonyl (C=O) groups excluding carboxylic acids is 3. The third kappa shape index (κ3) is 9.02. The Morgan fingerprint density at radius 1 is 1.25 bits per heavy atom. The lowest BCUT2D eigenvalue weighted by atomic mass is 10.1. The van der Waals surface area contributed by atoms with Crippen LogP contribution in [0.3, 0.4) is 0 Å². The number of non-ortho nitro benzene ring substituents is 1. The molecule has 0 saturated carbocycles. The molecule has 1 aromatic rings. The summed E-state index contributed by atoms with van der Waals surface area (Å²) in [4.78, 5) is 48.9. The third-order valence-corrected chi connectivity index (χ3v) is 4.84. The molecule has 0 radical (unpaired) electrons. The van der Waals surface area contributed by atoms with Gasteiger partial charge in [0, 0.05) is 30.8 Å². The Balaban J connectivity index is 2.80. The van der Waals surface area contributed by atoms with Gasteiger partial charge in [0.15, 0.2) is 6.61 Å². The van der Waals surface area contributed by atoms with Crippen LogP contribution in [0.5, 0.6) is 0 Å². The number of rotatable bonds is 13. The maximum Gasteiger partial charge on any atom is 0.329 e. The lowest BCUT2D eigenvalue weighted by Gasteiger charge is -2.21. The summed E-state index contributed by atoms with van der Waals surface area (Å²) in [6.45, 7) is -0.389. The van der Waals surface area contributed by atoms with Crippen molar-refractivity contribution >= 4 is 35.2 Å². The summed E-state index contributed by atoms with van der Waals surface area (Å²) in [5.41, 5.74) is -0.252. The van der Waals surface area contributed by atoms with Crippen LogP contribution in [-0.4, -0.2) is 65.4 Å². The van der Waals surface area contributed by atoms with Crippen LogP contribution in [0.4, 0.5) is 5.69 Å². The first-order chi connectivity index (χ1) is 15.3. The zero-order chi connectivity index (χ0) is 23.9. The second-order valence-corrected chi connectivity index (χ2v) is 7.41. The molecule has 1 atom stereocenters. The Hall–Kier alpha value is -3.64. The van der Waals surface area contributed by atoms with Crippen molar-refractivity contribution in [1.82, 2.24) is 10.2 Å². The normalized spacial score (nSPS) is 10.8. The van der Waals surface area contributed by atoms with E-state index in [1.54, 1.807) is 0 Å². The van der Waals surface area contributed by atoms with E-state index < -0.39 is 35.4 Å². The van der Waals surface area contributed by atoms with Crippen molar-refractivity contribution in [2.24, 2.45) is 0 Å². The van der Waals surface area contributed by atoms with Crippen molar-refractivity contribution < 1.29 is 24.0 Å². The fraction of sp³-hybridized carbons (Fsp3) is 0.450. The van der Waals surface area contributed by atoms with E-state index in [2.05, 4.69) is 5.32 Å². The first-order valence-corrected chi connectivity index (χ1v) is 11.0. The SMILES string of the molecule is CSCCC(NC(=O)c1cccc([N+](=O)[O-])c1)C(=O)OCC(=O)N(CCC#N)CCC#N. The fourth-order valence-electron chi connectivity index (χ4n) is 2.54. The topological polar surface area (TPSA) is 166 Å². The van der Waals surface area contributed by atoms with E-state index in [0.717, 1.165) is 6.07 Å². The highest BCUT2D eigenvalue weighted by Gasteiger charge is 2.25. The zero-order valence-electron chi connectivity index (χ0n) is 17.5. The molecule has 11 nitrogen and oxygen atoms in total. The minimum absolute atomic E-state index is 0.0106. The Morgan fingerprint density at radius 3 is 2.47 bits per heavy atom. The average molecular weight is 462 g/mol. The van der Waals surface area contributed by atoms with Crippen molar-refractivity contribution in [1.29, 1.82) is 10.5 Å². The molecule has 0 fully saturated rings. The van der Waals surface area contributed by atoms with Crippen LogP contribution in [0.25, 0.3) is 0 Å². The molecule has 12 heteroatoms. The second-order valence-electron chi connectivity index (χ2n) is 6.42. The fourth-order valence-corrected chi connectivity index (χ4v) is 3.01. The molecule has 1 unspecified atom stereocenters. The average Bonchev–Trinajstić information content (AvgIpc) is 2.79. The van der Waals surface area contributed by atoms with Crippen molar-refractivity contribution in [3.8, 4) is 12.1 Å². The lowest BCUT2D eigenvalue weighted by Crippen LogP contribution is -2.44. The van der Waals surface area contributed by atoms with Gasteiger partial charge in [0.05, 0.1) is 29.9 Å². The third-order valence-electron chi connectivity index (χ3n) is 4.20. The molecule has 0 bridgehead atoms. The summed E-state index contributed by atoms with van der Waals surface area (Å²) in [6, 6.07) is 7.83. The van der Waals surface area contributed by atoms with Crippen molar-refractivity contribution in [3.05, 3.63) is 39.9 Å². The summed E-state index contributed by atoms with van der Waals surface area (Å²) < 4.78 is 5.07. The predicted octanol–water partition coefficient (Wildman–Crippen LogP) is 1.65. The number of thioether (sulfide) groups is 1. The van der Waals surface area contributed by atoms with Gasteiger partial charge in [-0.15, -0.1) is 0 Å². The van der Waals surface area contributed by atoms with Gasteiger partial charge in [-0.1, -0.05) is 6.07 Å². The molecule has 32 heavy (non-hydrogen) atoms. The van der Waals surface area contributed by atoms with E-state index in [1.165, 1.54) is 34.9 Å². The van der Waals surface area contributed by atoms with Crippen molar-refractivity contribution in [2.75, 3.05) is 31.7 Å². The standard InChI is InChI=1S/C20H23N5O6S/c1-32-12-7-17(23-19(27)15-5-2-6-16(13-15)25(29)30)20(28)31-14-18(26)24(10-3-8-21)11-4-9-22/h2,5-6,13,17H,3-4,7,10-12,14H2,1H3,(H,23,27). The monoisotopic (exact) mass is 461 g/mol. The second kappa shape index (κ2) is 14.4. The van der Waals surface area contributed by atoms with Gasteiger partial charge < -0.3 is 15.0 Å². The number of nitrogens with one attached hydrogen (secondary N) is 1. The van der Waals surface area contributed by atoms with Crippen molar-refractivity contribution in [2.45, 2.75) is 25.3 Å². The van der Waals surface area contributed by atoms with Gasteiger partial charge in [-0.2, -0.15) is 22.3 Å². The molecule has 0 aliphatic rings. The summed E-state index contributed by atoms with van der Waals surface area (Å²) >= 11 is 1.44. The number of nitro benzene ring substituents is 1. The first-order valence-electron chi connectivity index (χ1n) is 9.56. The van der Waals surface area contributed by atoms with E-state index in [4.69, 9.17) is 15.3 Å². The Labute approximate surface area is 189 Å². The highest BCUT2D eigenvalue weighted by atomic mass is 32.2. The summed E-state index contributed by atoms with van der Waals surface area (Å²) in [6.07, 6.45) is 2.18. The summed E-state index contributed by atoms with van der Waals surface area (Å²) in [5, 5.41) is 30.8. The van der Waals surface area contributed by atoms with Crippen molar-refractivity contribution in [3.63, 3.8) is 0 Å². The Kier molecular flexibility index (Phi) is 11.9. The number of hydrogen-bond donors (Lipinski definition) is 1. The van der Waals surface area contributed by atoms with E-state index in [-0.39, 0.29) is 43.6 Å². The number of carbonyl (C=O) groups is 3. The lowest BCUT2D eigenvalue weighted by molar-refractivity contribution is -0.384. The van der Waals surface area contributed by atoms with Gasteiger partial charge in [-0.05, 0) is 24.5 Å². The smallest absolute Gasteiger partial charge is 0.329 e. The molecule has 170 valence electrons. The van der Waals surface area contributed by atoms with E-state index in [9.17, 15) is 24.5 Å². The van der Waals surface area contributed by atoms with E-state index in [0.29, 0.717) is 5.75 Å². The highest BCUT2D eigenvalue weighted by Crippen LogP contribution is 2.14. The van der Waals surface area contributed by atoms with Crippen LogP contribution < -0.4 is 5.32 Å². The van der Waals surface area contributed by atoms with Crippen LogP contribution in [-0.2, 0) is 14.3 Å². The molecule has 1 aromatic carbocycles. The molecule has 2 amide bonds. The minimum Gasteiger partial charge on any atom is -0.454 e. The van der Waals surface area contributed by atoms with Crippen LogP contribution in [0.15, 0.2) is 24.3 Å². The van der Waals surface area contributed by atoms with Crippen LogP contribution >= 0.6 is 11.8 Å². The predicted molar refractivity (Wildman–Crippen MR) is 115 cm³/mol. The van der Waals surface area contributed by atoms with Crippen LogP contribution in [0.2, 0.25) is 0 Å². The molecule has 0 aliphatic carbocycles. The summed E-state index contributed by atoms with van der Waals surface area (Å²) in [5.74, 6) is -1.56. The van der Waals surface area contributed by atoms with Crippen LogP contribution in [0, 0.1) is 32.8 Å². The molecule has 0 aromatic heterocycles. The number of amides is 2. The number of nitro groups is 1. The van der Waals surface area contributed by atoms with Gasteiger partial charge in [-0.3, -0.25) is 19.7 Å². The number of nitrogens with zero attached hydrogens (tertiary/aromatic N) is 4. The van der Waals surface area contributed by atoms with Gasteiger partial charge in [0.25, 0.3) is 17.5 Å². The first kappa shape index (κ1) is 26.4. The van der Waals surface area contributed by atoms with E-state index in [1.807, 2.05) is 18.4 Å². The Bertz CT molecular complexity index is 892. The molecule has 0 saturated heterocycles. The Morgan fingerprint density at radius 2 is 1.91 bits per heavy atom. The zero-order valence-corrected chi connectivity index (χ0v) is 18.3. The summed E-state index contributed by atoms with van der Waals surface area (Å²) in [7, 11) is 0. The molecule has 0 heterocycles. The minimum atomic E-state index is -1.06. The van der Waals surface area contributed by atoms with E-state index >= 15 is 0 Å². The number of nitriles is 2. The van der Waals surface area contributed by atoms with Gasteiger partial charge in [-0.25, -0.2) is 4.79 Å².